The van der Waals surface area contributed by atoms with Crippen LogP contribution in [0.1, 0.15) is 18.7 Å². The molecule has 27 heavy (non-hydrogen) atoms. The summed E-state index contributed by atoms with van der Waals surface area (Å²) in [5, 5.41) is 3.96. The molecule has 0 radical (unpaired) electrons. The lowest BCUT2D eigenvalue weighted by molar-refractivity contribution is -0.130. The van der Waals surface area contributed by atoms with Crippen molar-refractivity contribution in [2.75, 3.05) is 13.1 Å². The lowest BCUT2D eigenvalue weighted by Crippen LogP contribution is -2.31. The third-order valence-electron chi connectivity index (χ3n) is 4.50. The van der Waals surface area contributed by atoms with Crippen molar-refractivity contribution in [2.45, 2.75) is 25.4 Å². The molecule has 1 amide bonds. The maximum absolute atomic E-state index is 12.5. The van der Waals surface area contributed by atoms with E-state index in [4.69, 9.17) is 9.26 Å². The molecule has 3 heterocycles. The number of ether oxygens (including phenoxy) is 1. The van der Waals surface area contributed by atoms with Crippen molar-refractivity contribution >= 4 is 5.91 Å². The maximum atomic E-state index is 12.5. The van der Waals surface area contributed by atoms with Crippen molar-refractivity contribution in [2.24, 2.45) is 0 Å². The van der Waals surface area contributed by atoms with Crippen molar-refractivity contribution in [3.63, 3.8) is 0 Å². The fraction of sp³-hybridized carbons (Fsp3) is 0.300. The van der Waals surface area contributed by atoms with Gasteiger partial charge in [-0.2, -0.15) is 4.98 Å². The highest BCUT2D eigenvalue weighted by Gasteiger charge is 2.27. The largest absolute Gasteiger partial charge is 0.489 e. The zero-order chi connectivity index (χ0) is 18.5. The number of nitrogens with zero attached hydrogens (tertiary/aromatic N) is 4. The number of amides is 1. The van der Waals surface area contributed by atoms with E-state index in [1.54, 1.807) is 12.4 Å². The lowest BCUT2D eigenvalue weighted by atomic mass is 10.2. The first kappa shape index (κ1) is 17.2. The highest BCUT2D eigenvalue weighted by atomic mass is 16.5. The van der Waals surface area contributed by atoms with Crippen LogP contribution in [0.4, 0.5) is 0 Å². The number of carbonyl (C=O) groups is 1. The maximum Gasteiger partial charge on any atom is 0.227 e. The van der Waals surface area contributed by atoms with Gasteiger partial charge in [0.25, 0.3) is 0 Å². The molecule has 0 saturated carbocycles. The molecule has 1 aliphatic heterocycles. The van der Waals surface area contributed by atoms with Crippen LogP contribution in [0.2, 0.25) is 0 Å². The predicted molar refractivity (Wildman–Crippen MR) is 97.9 cm³/mol. The summed E-state index contributed by atoms with van der Waals surface area (Å²) in [6, 6.07) is 13.3. The molecule has 2 aromatic heterocycles. The monoisotopic (exact) mass is 364 g/mol. The SMILES string of the molecule is O=C(CCc1nc(-c2ccncc2)no1)N1CCC(Oc2ccccc2)C1. The summed E-state index contributed by atoms with van der Waals surface area (Å²) >= 11 is 0. The van der Waals surface area contributed by atoms with Gasteiger partial charge in [0.1, 0.15) is 11.9 Å². The number of aromatic nitrogens is 3. The molecule has 4 rings (SSSR count). The van der Waals surface area contributed by atoms with Gasteiger partial charge in [-0.15, -0.1) is 0 Å². The average Bonchev–Trinajstić information content (AvgIpc) is 3.37. The normalized spacial score (nSPS) is 16.4. The Kier molecular flexibility index (Phi) is 5.09. The third-order valence-corrected chi connectivity index (χ3v) is 4.50. The number of para-hydroxylation sites is 1. The van der Waals surface area contributed by atoms with Gasteiger partial charge < -0.3 is 14.2 Å². The Morgan fingerprint density at radius 1 is 1.19 bits per heavy atom. The van der Waals surface area contributed by atoms with Gasteiger partial charge >= 0.3 is 0 Å². The highest BCUT2D eigenvalue weighted by Crippen LogP contribution is 2.19. The summed E-state index contributed by atoms with van der Waals surface area (Å²) in [4.78, 5) is 22.6. The summed E-state index contributed by atoms with van der Waals surface area (Å²) < 4.78 is 11.2. The second-order valence-corrected chi connectivity index (χ2v) is 6.43. The first-order chi connectivity index (χ1) is 13.3. The van der Waals surface area contributed by atoms with Crippen molar-refractivity contribution in [3.8, 4) is 17.1 Å². The standard InChI is InChI=1S/C20H20N4O3/c25-19(24-13-10-17(14-24)26-16-4-2-1-3-5-16)7-6-18-22-20(23-27-18)15-8-11-21-12-9-15/h1-5,8-9,11-12,17H,6-7,10,13-14H2. The molecule has 7 heteroatoms. The van der Waals surface area contributed by atoms with Gasteiger partial charge in [0.15, 0.2) is 0 Å². The van der Waals surface area contributed by atoms with Crippen molar-refractivity contribution in [1.29, 1.82) is 0 Å². The van der Waals surface area contributed by atoms with Crippen LogP contribution in [0.3, 0.4) is 0 Å². The molecule has 1 fully saturated rings. The molecule has 1 atom stereocenters. The van der Waals surface area contributed by atoms with E-state index in [1.165, 1.54) is 0 Å². The van der Waals surface area contributed by atoms with Crippen molar-refractivity contribution in [3.05, 3.63) is 60.7 Å². The third kappa shape index (κ3) is 4.31. The van der Waals surface area contributed by atoms with Crippen LogP contribution >= 0.6 is 0 Å². The van der Waals surface area contributed by atoms with E-state index in [2.05, 4.69) is 15.1 Å². The van der Waals surface area contributed by atoms with Crippen LogP contribution in [-0.4, -0.2) is 45.1 Å². The van der Waals surface area contributed by atoms with Crippen LogP contribution in [0.25, 0.3) is 11.4 Å². The molecular weight excluding hydrogens is 344 g/mol. The Morgan fingerprint density at radius 3 is 2.81 bits per heavy atom. The molecule has 7 nitrogen and oxygen atoms in total. The van der Waals surface area contributed by atoms with Gasteiger partial charge in [0.2, 0.25) is 17.6 Å². The highest BCUT2D eigenvalue weighted by molar-refractivity contribution is 5.76. The number of hydrogen-bond donors (Lipinski definition) is 0. The van der Waals surface area contributed by atoms with Gasteiger partial charge in [0, 0.05) is 43.8 Å². The Hall–Kier alpha value is -3.22. The number of likely N-dealkylation sites (tertiary alicyclic amines) is 1. The smallest absolute Gasteiger partial charge is 0.227 e. The van der Waals surface area contributed by atoms with E-state index in [9.17, 15) is 4.79 Å². The Bertz CT molecular complexity index is 883. The van der Waals surface area contributed by atoms with E-state index in [-0.39, 0.29) is 12.0 Å². The van der Waals surface area contributed by atoms with Gasteiger partial charge in [-0.3, -0.25) is 9.78 Å². The Labute approximate surface area is 157 Å². The topological polar surface area (TPSA) is 81.3 Å². The van der Waals surface area contributed by atoms with Crippen molar-refractivity contribution in [1.82, 2.24) is 20.0 Å². The second kappa shape index (κ2) is 7.99. The number of rotatable bonds is 6. The van der Waals surface area contributed by atoms with Crippen LogP contribution in [0.5, 0.6) is 5.75 Å². The van der Waals surface area contributed by atoms with E-state index >= 15 is 0 Å². The molecule has 1 saturated heterocycles. The van der Waals surface area contributed by atoms with Crippen LogP contribution in [0.15, 0.2) is 59.4 Å². The Balaban J connectivity index is 1.27. The zero-order valence-corrected chi connectivity index (χ0v) is 14.8. The molecule has 0 aliphatic carbocycles. The van der Waals surface area contributed by atoms with Crippen LogP contribution < -0.4 is 4.74 Å². The minimum Gasteiger partial charge on any atom is -0.489 e. The number of aryl methyl sites for hydroxylation is 1. The summed E-state index contributed by atoms with van der Waals surface area (Å²) in [6.45, 7) is 1.32. The summed E-state index contributed by atoms with van der Waals surface area (Å²) in [6.07, 6.45) is 5.01. The fourth-order valence-corrected chi connectivity index (χ4v) is 3.09. The molecule has 138 valence electrons. The molecule has 0 N–H and O–H groups in total. The number of hydrogen-bond acceptors (Lipinski definition) is 6. The average molecular weight is 364 g/mol. The molecule has 0 spiro atoms. The van der Waals surface area contributed by atoms with E-state index in [1.807, 2.05) is 47.4 Å². The molecular formula is C20H20N4O3. The minimum absolute atomic E-state index is 0.0399. The summed E-state index contributed by atoms with van der Waals surface area (Å²) in [5.74, 6) is 1.90. The summed E-state index contributed by atoms with van der Waals surface area (Å²) in [7, 11) is 0. The number of benzene rings is 1. The first-order valence-corrected chi connectivity index (χ1v) is 9.00. The van der Waals surface area contributed by atoms with Gasteiger partial charge in [0.05, 0.1) is 6.54 Å². The molecule has 1 aromatic carbocycles. The van der Waals surface area contributed by atoms with E-state index in [0.29, 0.717) is 37.6 Å². The molecule has 1 unspecified atom stereocenters. The predicted octanol–water partition coefficient (Wildman–Crippen LogP) is 2.74. The summed E-state index contributed by atoms with van der Waals surface area (Å²) in [5.41, 5.74) is 0.840. The Morgan fingerprint density at radius 2 is 2.00 bits per heavy atom. The minimum atomic E-state index is 0.0399. The van der Waals surface area contributed by atoms with E-state index in [0.717, 1.165) is 17.7 Å². The van der Waals surface area contributed by atoms with Gasteiger partial charge in [-0.05, 0) is 24.3 Å². The van der Waals surface area contributed by atoms with Gasteiger partial charge in [-0.1, -0.05) is 23.4 Å². The van der Waals surface area contributed by atoms with Crippen LogP contribution in [0, 0.1) is 0 Å². The fourth-order valence-electron chi connectivity index (χ4n) is 3.09. The number of pyridine rings is 1. The zero-order valence-electron chi connectivity index (χ0n) is 14.8. The van der Waals surface area contributed by atoms with Crippen LogP contribution in [-0.2, 0) is 11.2 Å². The van der Waals surface area contributed by atoms with Crippen molar-refractivity contribution < 1.29 is 14.1 Å². The molecule has 3 aromatic rings. The quantitative estimate of drug-likeness (QED) is 0.669. The number of carbonyl (C=O) groups excluding carboxylic acids is 1. The molecule has 0 bridgehead atoms. The van der Waals surface area contributed by atoms with E-state index < -0.39 is 0 Å². The van der Waals surface area contributed by atoms with Gasteiger partial charge in [-0.25, -0.2) is 0 Å². The molecule has 1 aliphatic rings. The first-order valence-electron chi connectivity index (χ1n) is 9.00. The lowest BCUT2D eigenvalue weighted by Gasteiger charge is -2.17. The second-order valence-electron chi connectivity index (χ2n) is 6.43.